The first-order valence-corrected chi connectivity index (χ1v) is 7.48. The Morgan fingerprint density at radius 1 is 1.63 bits per heavy atom. The van der Waals surface area contributed by atoms with Crippen LogP contribution in [0.3, 0.4) is 0 Å². The Labute approximate surface area is 117 Å². The molecule has 19 heavy (non-hydrogen) atoms. The molecule has 0 radical (unpaired) electrons. The molecule has 0 saturated carbocycles. The van der Waals surface area contributed by atoms with Crippen LogP contribution in [0.4, 0.5) is 5.13 Å². The summed E-state index contributed by atoms with van der Waals surface area (Å²) in [6, 6.07) is 0. The van der Waals surface area contributed by atoms with Crippen molar-refractivity contribution in [2.45, 2.75) is 26.7 Å². The molecule has 0 aliphatic carbocycles. The van der Waals surface area contributed by atoms with E-state index >= 15 is 0 Å². The second kappa shape index (κ2) is 6.86. The van der Waals surface area contributed by atoms with Crippen LogP contribution in [0.5, 0.6) is 0 Å². The van der Waals surface area contributed by atoms with Gasteiger partial charge in [0.25, 0.3) is 0 Å². The summed E-state index contributed by atoms with van der Waals surface area (Å²) >= 11 is 1.36. The predicted molar refractivity (Wildman–Crippen MR) is 74.8 cm³/mol. The first-order valence-electron chi connectivity index (χ1n) is 6.67. The minimum absolute atomic E-state index is 0.286. The van der Waals surface area contributed by atoms with Crippen molar-refractivity contribution in [1.82, 2.24) is 4.98 Å². The third-order valence-electron chi connectivity index (χ3n) is 3.05. The summed E-state index contributed by atoms with van der Waals surface area (Å²) in [5, 5.41) is 4.08. The molecule has 1 unspecified atom stereocenters. The Kier molecular flexibility index (Phi) is 5.15. The van der Waals surface area contributed by atoms with Crippen molar-refractivity contribution in [1.29, 1.82) is 0 Å². The number of nitrogens with one attached hydrogen (secondary N) is 1. The van der Waals surface area contributed by atoms with Crippen molar-refractivity contribution in [2.24, 2.45) is 5.92 Å². The van der Waals surface area contributed by atoms with Gasteiger partial charge in [-0.05, 0) is 32.6 Å². The van der Waals surface area contributed by atoms with Crippen LogP contribution in [0.2, 0.25) is 0 Å². The van der Waals surface area contributed by atoms with Crippen molar-refractivity contribution in [3.63, 3.8) is 0 Å². The van der Waals surface area contributed by atoms with Gasteiger partial charge in [-0.25, -0.2) is 9.78 Å². The molecular formula is C13H20N2O3S. The molecule has 1 aliphatic heterocycles. The van der Waals surface area contributed by atoms with Crippen molar-refractivity contribution in [3.8, 4) is 0 Å². The fourth-order valence-electron chi connectivity index (χ4n) is 2.06. The average Bonchev–Trinajstić information content (AvgIpc) is 2.79. The van der Waals surface area contributed by atoms with Gasteiger partial charge in [0.2, 0.25) is 0 Å². The van der Waals surface area contributed by atoms with Crippen LogP contribution in [0.25, 0.3) is 0 Å². The van der Waals surface area contributed by atoms with Crippen molar-refractivity contribution in [3.05, 3.63) is 10.6 Å². The highest BCUT2D eigenvalue weighted by Gasteiger charge is 2.18. The SMILES string of the molecule is CCOC(=O)c1sc(NCC2CCCOC2)nc1C. The third-order valence-corrected chi connectivity index (χ3v) is 4.15. The monoisotopic (exact) mass is 284 g/mol. The molecule has 0 amide bonds. The molecule has 1 aromatic heterocycles. The largest absolute Gasteiger partial charge is 0.462 e. The van der Waals surface area contributed by atoms with Gasteiger partial charge in [-0.1, -0.05) is 11.3 Å². The Bertz CT molecular complexity index is 428. The molecule has 0 aromatic carbocycles. The number of hydrogen-bond donors (Lipinski definition) is 1. The summed E-state index contributed by atoms with van der Waals surface area (Å²) < 4.78 is 10.4. The van der Waals surface area contributed by atoms with Gasteiger partial charge in [0, 0.05) is 13.2 Å². The predicted octanol–water partition coefficient (Wildman–Crippen LogP) is 2.47. The Hall–Kier alpha value is -1.14. The zero-order valence-corrected chi connectivity index (χ0v) is 12.2. The summed E-state index contributed by atoms with van der Waals surface area (Å²) in [7, 11) is 0. The summed E-state index contributed by atoms with van der Waals surface area (Å²) in [4.78, 5) is 16.6. The number of carbonyl (C=O) groups excluding carboxylic acids is 1. The zero-order valence-electron chi connectivity index (χ0n) is 11.4. The maximum atomic E-state index is 11.7. The highest BCUT2D eigenvalue weighted by atomic mass is 32.1. The topological polar surface area (TPSA) is 60.5 Å². The van der Waals surface area contributed by atoms with E-state index in [0.29, 0.717) is 17.4 Å². The fourth-order valence-corrected chi connectivity index (χ4v) is 2.93. The number of aromatic nitrogens is 1. The highest BCUT2D eigenvalue weighted by Crippen LogP contribution is 2.24. The molecule has 6 heteroatoms. The zero-order chi connectivity index (χ0) is 13.7. The quantitative estimate of drug-likeness (QED) is 0.842. The number of anilines is 1. The smallest absolute Gasteiger partial charge is 0.350 e. The van der Waals surface area contributed by atoms with E-state index in [0.717, 1.165) is 37.0 Å². The van der Waals surface area contributed by atoms with E-state index in [1.807, 2.05) is 6.92 Å². The molecule has 1 atom stereocenters. The lowest BCUT2D eigenvalue weighted by atomic mass is 10.0. The van der Waals surface area contributed by atoms with Gasteiger partial charge < -0.3 is 14.8 Å². The molecule has 5 nitrogen and oxygen atoms in total. The first-order chi connectivity index (χ1) is 9.20. The van der Waals surface area contributed by atoms with Crippen LogP contribution < -0.4 is 5.32 Å². The maximum absolute atomic E-state index is 11.7. The van der Waals surface area contributed by atoms with Gasteiger partial charge in [-0.2, -0.15) is 0 Å². The van der Waals surface area contributed by atoms with Crippen LogP contribution >= 0.6 is 11.3 Å². The standard InChI is InChI=1S/C13H20N2O3S/c1-3-18-12(16)11-9(2)15-13(19-11)14-7-10-5-4-6-17-8-10/h10H,3-8H2,1-2H3,(H,14,15). The van der Waals surface area contributed by atoms with Crippen molar-refractivity contribution >= 4 is 22.4 Å². The van der Waals surface area contributed by atoms with Crippen LogP contribution in [-0.2, 0) is 9.47 Å². The molecule has 1 N–H and O–H groups in total. The molecule has 1 aliphatic rings. The van der Waals surface area contributed by atoms with E-state index in [1.54, 1.807) is 6.92 Å². The summed E-state index contributed by atoms with van der Waals surface area (Å²) in [5.41, 5.74) is 0.728. The van der Waals surface area contributed by atoms with Crippen molar-refractivity contribution in [2.75, 3.05) is 31.7 Å². The Morgan fingerprint density at radius 2 is 2.47 bits per heavy atom. The maximum Gasteiger partial charge on any atom is 0.350 e. The van der Waals surface area contributed by atoms with Crippen molar-refractivity contribution < 1.29 is 14.3 Å². The number of hydrogen-bond acceptors (Lipinski definition) is 6. The molecule has 1 saturated heterocycles. The third kappa shape index (κ3) is 3.91. The summed E-state index contributed by atoms with van der Waals surface area (Å²) in [6.45, 7) is 6.55. The van der Waals surface area contributed by atoms with Gasteiger partial charge in [0.15, 0.2) is 5.13 Å². The van der Waals surface area contributed by atoms with Gasteiger partial charge >= 0.3 is 5.97 Å². The summed E-state index contributed by atoms with van der Waals surface area (Å²) in [5.74, 6) is 0.246. The molecular weight excluding hydrogens is 264 g/mol. The van der Waals surface area contributed by atoms with Gasteiger partial charge in [-0.15, -0.1) is 0 Å². The number of carbonyl (C=O) groups is 1. The number of nitrogens with zero attached hydrogens (tertiary/aromatic N) is 1. The molecule has 0 spiro atoms. The second-order valence-corrected chi connectivity index (χ2v) is 5.62. The van der Waals surface area contributed by atoms with Crippen LogP contribution in [0, 0.1) is 12.8 Å². The lowest BCUT2D eigenvalue weighted by molar-refractivity contribution is 0.0531. The van der Waals surface area contributed by atoms with E-state index < -0.39 is 0 Å². The lowest BCUT2D eigenvalue weighted by Crippen LogP contribution is -2.24. The van der Waals surface area contributed by atoms with E-state index in [4.69, 9.17) is 9.47 Å². The average molecular weight is 284 g/mol. The molecule has 106 valence electrons. The number of thiazole rings is 1. The minimum atomic E-state index is -0.286. The van der Waals surface area contributed by atoms with Gasteiger partial charge in [0.05, 0.1) is 18.9 Å². The Balaban J connectivity index is 1.90. The normalized spacial score (nSPS) is 19.2. The van der Waals surface area contributed by atoms with E-state index in [9.17, 15) is 4.79 Å². The number of rotatable bonds is 5. The first kappa shape index (κ1) is 14.3. The minimum Gasteiger partial charge on any atom is -0.462 e. The van der Waals surface area contributed by atoms with Gasteiger partial charge in [-0.3, -0.25) is 0 Å². The number of esters is 1. The van der Waals surface area contributed by atoms with E-state index in [2.05, 4.69) is 10.3 Å². The van der Waals surface area contributed by atoms with Crippen LogP contribution in [0.15, 0.2) is 0 Å². The number of aryl methyl sites for hydroxylation is 1. The Morgan fingerprint density at radius 3 is 3.16 bits per heavy atom. The lowest BCUT2D eigenvalue weighted by Gasteiger charge is -2.21. The fraction of sp³-hybridized carbons (Fsp3) is 0.692. The number of ether oxygens (including phenoxy) is 2. The molecule has 2 rings (SSSR count). The summed E-state index contributed by atoms with van der Waals surface area (Å²) in [6.07, 6.45) is 2.30. The highest BCUT2D eigenvalue weighted by molar-refractivity contribution is 7.17. The molecule has 2 heterocycles. The van der Waals surface area contributed by atoms with E-state index in [1.165, 1.54) is 17.8 Å². The van der Waals surface area contributed by atoms with Crippen LogP contribution in [-0.4, -0.2) is 37.3 Å². The molecule has 1 aromatic rings. The molecule has 0 bridgehead atoms. The molecule has 1 fully saturated rings. The second-order valence-electron chi connectivity index (χ2n) is 4.62. The van der Waals surface area contributed by atoms with Gasteiger partial charge in [0.1, 0.15) is 4.88 Å². The van der Waals surface area contributed by atoms with E-state index in [-0.39, 0.29) is 5.97 Å². The van der Waals surface area contributed by atoms with Crippen LogP contribution in [0.1, 0.15) is 35.1 Å².